The number of rotatable bonds is 6. The molecule has 0 spiro atoms. The van der Waals surface area contributed by atoms with E-state index in [-0.39, 0.29) is 35.9 Å². The lowest BCUT2D eigenvalue weighted by Crippen LogP contribution is -2.48. The van der Waals surface area contributed by atoms with Gasteiger partial charge in [0.05, 0.1) is 12.5 Å². The maximum absolute atomic E-state index is 12.0. The normalized spacial score (nSPS) is 22.8. The van der Waals surface area contributed by atoms with Crippen LogP contribution in [0.2, 0.25) is 0 Å². The van der Waals surface area contributed by atoms with Crippen LogP contribution in [-0.2, 0) is 23.1 Å². The molecule has 0 bridgehead atoms. The summed E-state index contributed by atoms with van der Waals surface area (Å²) >= 11 is 0. The molecular weight excluding hydrogens is 483 g/mol. The van der Waals surface area contributed by atoms with Gasteiger partial charge in [0.2, 0.25) is 0 Å². The Bertz CT molecular complexity index is 679. The molecule has 164 valence electrons. The SMILES string of the molecule is CCOC(=O)C1CCC(NC(=NCc2nnc(C)n2C)NC2CCCC2)CC1.I. The number of hydrogen-bond donors (Lipinski definition) is 2. The number of nitrogens with zero attached hydrogens (tertiary/aromatic N) is 4. The monoisotopic (exact) mass is 518 g/mol. The summed E-state index contributed by atoms with van der Waals surface area (Å²) in [5.41, 5.74) is 0. The summed E-state index contributed by atoms with van der Waals surface area (Å²) in [5.74, 6) is 2.60. The summed E-state index contributed by atoms with van der Waals surface area (Å²) in [6, 6.07) is 0.822. The van der Waals surface area contributed by atoms with Gasteiger partial charge in [0, 0.05) is 19.1 Å². The van der Waals surface area contributed by atoms with Crippen LogP contribution in [-0.4, -0.2) is 45.4 Å². The Morgan fingerprint density at radius 1 is 1.10 bits per heavy atom. The largest absolute Gasteiger partial charge is 0.466 e. The van der Waals surface area contributed by atoms with Crippen molar-refractivity contribution in [2.75, 3.05) is 6.61 Å². The number of aryl methyl sites for hydroxylation is 1. The van der Waals surface area contributed by atoms with Crippen LogP contribution in [0.25, 0.3) is 0 Å². The van der Waals surface area contributed by atoms with Crippen LogP contribution in [0.4, 0.5) is 0 Å². The molecule has 0 radical (unpaired) electrons. The van der Waals surface area contributed by atoms with Gasteiger partial charge < -0.3 is 19.9 Å². The first kappa shape index (κ1) is 23.9. The summed E-state index contributed by atoms with van der Waals surface area (Å²) in [6.07, 6.45) is 8.59. The van der Waals surface area contributed by atoms with Crippen LogP contribution in [0.3, 0.4) is 0 Å². The van der Waals surface area contributed by atoms with Crippen LogP contribution < -0.4 is 10.6 Å². The third kappa shape index (κ3) is 6.82. The van der Waals surface area contributed by atoms with Crippen LogP contribution in [0.15, 0.2) is 4.99 Å². The van der Waals surface area contributed by atoms with E-state index in [4.69, 9.17) is 9.73 Å². The summed E-state index contributed by atoms with van der Waals surface area (Å²) in [4.78, 5) is 16.7. The second kappa shape index (κ2) is 11.7. The molecule has 0 amide bonds. The van der Waals surface area contributed by atoms with E-state index >= 15 is 0 Å². The maximum atomic E-state index is 12.0. The molecule has 2 aliphatic rings. The Hall–Kier alpha value is -1.39. The minimum atomic E-state index is -0.0448. The Labute approximate surface area is 190 Å². The second-order valence-electron chi connectivity index (χ2n) is 7.96. The van der Waals surface area contributed by atoms with E-state index in [1.807, 2.05) is 25.5 Å². The Kier molecular flexibility index (Phi) is 9.64. The predicted molar refractivity (Wildman–Crippen MR) is 123 cm³/mol. The third-order valence-electron chi connectivity index (χ3n) is 5.95. The number of aromatic nitrogens is 3. The van der Waals surface area contributed by atoms with Gasteiger partial charge in [-0.25, -0.2) is 4.99 Å². The second-order valence-corrected chi connectivity index (χ2v) is 7.96. The Morgan fingerprint density at radius 2 is 1.72 bits per heavy atom. The topological polar surface area (TPSA) is 93.4 Å². The lowest BCUT2D eigenvalue weighted by atomic mass is 9.86. The van der Waals surface area contributed by atoms with E-state index in [0.29, 0.717) is 25.2 Å². The fourth-order valence-corrected chi connectivity index (χ4v) is 4.06. The molecule has 1 heterocycles. The van der Waals surface area contributed by atoms with Crippen molar-refractivity contribution >= 4 is 35.9 Å². The number of carbonyl (C=O) groups is 1. The van der Waals surface area contributed by atoms with Crippen molar-refractivity contribution in [3.8, 4) is 0 Å². The number of hydrogen-bond acceptors (Lipinski definition) is 5. The zero-order chi connectivity index (χ0) is 19.9. The number of esters is 1. The first-order chi connectivity index (χ1) is 13.6. The van der Waals surface area contributed by atoms with Crippen LogP contribution in [0, 0.1) is 12.8 Å². The minimum Gasteiger partial charge on any atom is -0.466 e. The van der Waals surface area contributed by atoms with Crippen molar-refractivity contribution in [1.29, 1.82) is 0 Å². The number of aliphatic imine (C=N–C) groups is 1. The van der Waals surface area contributed by atoms with Gasteiger partial charge in [-0.1, -0.05) is 12.8 Å². The average Bonchev–Trinajstić information content (AvgIpc) is 3.31. The van der Waals surface area contributed by atoms with Gasteiger partial charge in [-0.3, -0.25) is 4.79 Å². The number of nitrogens with one attached hydrogen (secondary N) is 2. The van der Waals surface area contributed by atoms with E-state index in [0.717, 1.165) is 43.3 Å². The first-order valence-corrected chi connectivity index (χ1v) is 10.7. The van der Waals surface area contributed by atoms with Gasteiger partial charge in [-0.05, 0) is 52.4 Å². The van der Waals surface area contributed by atoms with Crippen molar-refractivity contribution in [2.45, 2.75) is 83.8 Å². The average molecular weight is 518 g/mol. The molecular formula is C20H35IN6O2. The Balaban J connectivity index is 0.00000300. The number of halogens is 1. The highest BCUT2D eigenvalue weighted by atomic mass is 127. The Morgan fingerprint density at radius 3 is 2.28 bits per heavy atom. The van der Waals surface area contributed by atoms with E-state index in [1.165, 1.54) is 25.7 Å². The van der Waals surface area contributed by atoms with Crippen molar-refractivity contribution in [1.82, 2.24) is 25.4 Å². The number of ether oxygens (including phenoxy) is 1. The molecule has 1 aromatic rings. The van der Waals surface area contributed by atoms with E-state index in [1.54, 1.807) is 0 Å². The van der Waals surface area contributed by atoms with Crippen molar-refractivity contribution in [2.24, 2.45) is 18.0 Å². The van der Waals surface area contributed by atoms with E-state index in [2.05, 4.69) is 20.8 Å². The fourth-order valence-electron chi connectivity index (χ4n) is 4.06. The molecule has 1 aromatic heterocycles. The van der Waals surface area contributed by atoms with Gasteiger partial charge in [-0.15, -0.1) is 34.2 Å². The molecule has 0 atom stereocenters. The first-order valence-electron chi connectivity index (χ1n) is 10.7. The molecule has 0 saturated heterocycles. The van der Waals surface area contributed by atoms with Crippen LogP contribution >= 0.6 is 24.0 Å². The van der Waals surface area contributed by atoms with Gasteiger partial charge in [0.15, 0.2) is 11.8 Å². The van der Waals surface area contributed by atoms with Gasteiger partial charge >= 0.3 is 5.97 Å². The van der Waals surface area contributed by atoms with Crippen molar-refractivity contribution < 1.29 is 9.53 Å². The van der Waals surface area contributed by atoms with Gasteiger partial charge in [0.25, 0.3) is 0 Å². The van der Waals surface area contributed by atoms with Crippen LogP contribution in [0.1, 0.15) is 69.9 Å². The summed E-state index contributed by atoms with van der Waals surface area (Å²) < 4.78 is 7.15. The molecule has 0 aromatic carbocycles. The smallest absolute Gasteiger partial charge is 0.308 e. The lowest BCUT2D eigenvalue weighted by molar-refractivity contribution is -0.149. The molecule has 8 nitrogen and oxygen atoms in total. The zero-order valence-corrected chi connectivity index (χ0v) is 20.1. The van der Waals surface area contributed by atoms with Gasteiger partial charge in [0.1, 0.15) is 12.4 Å². The van der Waals surface area contributed by atoms with Crippen molar-refractivity contribution in [3.05, 3.63) is 11.6 Å². The molecule has 2 fully saturated rings. The molecule has 2 aliphatic carbocycles. The highest BCUT2D eigenvalue weighted by Crippen LogP contribution is 2.25. The maximum Gasteiger partial charge on any atom is 0.308 e. The number of guanidine groups is 1. The standard InChI is InChI=1S/C20H34N6O2.HI/c1-4-28-19(27)15-9-11-17(12-10-15)23-20(22-16-7-5-6-8-16)21-13-18-25-24-14(2)26(18)3;/h15-17H,4-13H2,1-3H3,(H2,21,22,23);1H. The summed E-state index contributed by atoms with van der Waals surface area (Å²) in [5, 5.41) is 15.5. The molecule has 3 rings (SSSR count). The van der Waals surface area contributed by atoms with E-state index in [9.17, 15) is 4.79 Å². The predicted octanol–water partition coefficient (Wildman–Crippen LogP) is 2.84. The minimum absolute atomic E-state index is 0. The highest BCUT2D eigenvalue weighted by Gasteiger charge is 2.28. The quantitative estimate of drug-likeness (QED) is 0.261. The van der Waals surface area contributed by atoms with E-state index < -0.39 is 0 Å². The van der Waals surface area contributed by atoms with Crippen molar-refractivity contribution in [3.63, 3.8) is 0 Å². The summed E-state index contributed by atoms with van der Waals surface area (Å²) in [6.45, 7) is 4.76. The lowest BCUT2D eigenvalue weighted by Gasteiger charge is -2.30. The molecule has 2 saturated carbocycles. The molecule has 0 unspecified atom stereocenters. The molecule has 9 heteroatoms. The zero-order valence-electron chi connectivity index (χ0n) is 17.8. The van der Waals surface area contributed by atoms with Gasteiger partial charge in [-0.2, -0.15) is 0 Å². The number of carbonyl (C=O) groups excluding carboxylic acids is 1. The third-order valence-corrected chi connectivity index (χ3v) is 5.95. The molecule has 0 aliphatic heterocycles. The molecule has 29 heavy (non-hydrogen) atoms. The highest BCUT2D eigenvalue weighted by molar-refractivity contribution is 14.0. The fraction of sp³-hybridized carbons (Fsp3) is 0.800. The molecule has 2 N–H and O–H groups in total. The summed E-state index contributed by atoms with van der Waals surface area (Å²) in [7, 11) is 1.97. The van der Waals surface area contributed by atoms with Crippen LogP contribution in [0.5, 0.6) is 0 Å².